The third kappa shape index (κ3) is 3.99. The van der Waals surface area contributed by atoms with E-state index in [4.69, 9.17) is 13.9 Å². The molecule has 1 aliphatic rings. The molecule has 0 saturated heterocycles. The van der Waals surface area contributed by atoms with Crippen LogP contribution in [0.4, 0.5) is 0 Å². The zero-order valence-electron chi connectivity index (χ0n) is 11.2. The van der Waals surface area contributed by atoms with Crippen molar-refractivity contribution in [1.82, 2.24) is 10.3 Å². The van der Waals surface area contributed by atoms with Crippen LogP contribution >= 0.6 is 0 Å². The number of nitrogens with zero attached hydrogens (tertiary/aromatic N) is 1. The third-order valence-electron chi connectivity index (χ3n) is 3.00. The Morgan fingerprint density at radius 2 is 1.95 bits per heavy atom. The Labute approximate surface area is 117 Å². The standard InChI is InChI=1S/C15H18N2O3/c1-2-4-14(5-3-1)18-8-9-19-15-17-13(11-20-15)10-16-12-6-7-12/h1-5,11-12,16H,6-10H2. The van der Waals surface area contributed by atoms with E-state index in [2.05, 4.69) is 10.3 Å². The predicted octanol–water partition coefficient (Wildman–Crippen LogP) is 2.38. The van der Waals surface area contributed by atoms with Crippen molar-refractivity contribution < 1.29 is 13.9 Å². The molecule has 0 bridgehead atoms. The molecule has 1 aromatic heterocycles. The molecule has 1 N–H and O–H groups in total. The molecule has 1 aliphatic carbocycles. The lowest BCUT2D eigenvalue weighted by Crippen LogP contribution is -2.15. The number of rotatable bonds is 8. The normalized spacial score (nSPS) is 14.2. The van der Waals surface area contributed by atoms with Crippen molar-refractivity contribution in [2.45, 2.75) is 25.4 Å². The van der Waals surface area contributed by atoms with E-state index in [1.54, 1.807) is 6.26 Å². The quantitative estimate of drug-likeness (QED) is 0.749. The van der Waals surface area contributed by atoms with Gasteiger partial charge in [0.15, 0.2) is 0 Å². The largest absolute Gasteiger partial charge is 0.490 e. The molecule has 2 aromatic rings. The molecular formula is C15H18N2O3. The molecule has 0 amide bonds. The molecule has 0 radical (unpaired) electrons. The Morgan fingerprint density at radius 3 is 2.75 bits per heavy atom. The molecule has 0 atom stereocenters. The number of benzene rings is 1. The fourth-order valence-corrected chi connectivity index (χ4v) is 1.78. The molecule has 1 fully saturated rings. The van der Waals surface area contributed by atoms with Gasteiger partial charge in [0.25, 0.3) is 0 Å². The van der Waals surface area contributed by atoms with Crippen molar-refractivity contribution in [3.05, 3.63) is 42.3 Å². The first-order chi connectivity index (χ1) is 9.90. The first-order valence-corrected chi connectivity index (χ1v) is 6.88. The molecule has 1 aromatic carbocycles. The van der Waals surface area contributed by atoms with E-state index in [1.807, 2.05) is 30.3 Å². The van der Waals surface area contributed by atoms with Crippen LogP contribution in [0.5, 0.6) is 11.8 Å². The maximum absolute atomic E-state index is 5.51. The fraction of sp³-hybridized carbons (Fsp3) is 0.400. The lowest BCUT2D eigenvalue weighted by Gasteiger charge is -2.05. The van der Waals surface area contributed by atoms with Crippen molar-refractivity contribution in [3.8, 4) is 11.8 Å². The maximum Gasteiger partial charge on any atom is 0.393 e. The average Bonchev–Trinajstić information content (AvgIpc) is 3.21. The van der Waals surface area contributed by atoms with Crippen molar-refractivity contribution >= 4 is 0 Å². The highest BCUT2D eigenvalue weighted by atomic mass is 16.6. The molecule has 1 saturated carbocycles. The Balaban J connectivity index is 1.35. The van der Waals surface area contributed by atoms with Crippen LogP contribution in [-0.2, 0) is 6.54 Å². The van der Waals surface area contributed by atoms with Crippen LogP contribution in [0.3, 0.4) is 0 Å². The zero-order chi connectivity index (χ0) is 13.6. The van der Waals surface area contributed by atoms with Crippen LogP contribution in [-0.4, -0.2) is 24.2 Å². The molecule has 5 nitrogen and oxygen atoms in total. The Hall–Kier alpha value is -2.01. The van der Waals surface area contributed by atoms with Crippen LogP contribution in [0.2, 0.25) is 0 Å². The van der Waals surface area contributed by atoms with Gasteiger partial charge in [0.2, 0.25) is 0 Å². The van der Waals surface area contributed by atoms with Crippen molar-refractivity contribution in [1.29, 1.82) is 0 Å². The number of hydrogen-bond acceptors (Lipinski definition) is 5. The van der Waals surface area contributed by atoms with Gasteiger partial charge in [-0.15, -0.1) is 0 Å². The van der Waals surface area contributed by atoms with Crippen LogP contribution in [0.25, 0.3) is 0 Å². The van der Waals surface area contributed by atoms with E-state index >= 15 is 0 Å². The van der Waals surface area contributed by atoms with Gasteiger partial charge >= 0.3 is 6.08 Å². The predicted molar refractivity (Wildman–Crippen MR) is 73.8 cm³/mol. The molecule has 0 spiro atoms. The lowest BCUT2D eigenvalue weighted by molar-refractivity contribution is 0.176. The van der Waals surface area contributed by atoms with E-state index in [1.165, 1.54) is 12.8 Å². The summed E-state index contributed by atoms with van der Waals surface area (Å²) in [4.78, 5) is 4.25. The van der Waals surface area contributed by atoms with Crippen molar-refractivity contribution in [3.63, 3.8) is 0 Å². The molecule has 1 heterocycles. The van der Waals surface area contributed by atoms with Gasteiger partial charge in [0.1, 0.15) is 25.2 Å². The molecule has 0 unspecified atom stereocenters. The summed E-state index contributed by atoms with van der Waals surface area (Å²) in [6.07, 6.45) is 4.45. The molecule has 106 valence electrons. The molecular weight excluding hydrogens is 256 g/mol. The van der Waals surface area contributed by atoms with Crippen LogP contribution in [0.1, 0.15) is 18.5 Å². The van der Waals surface area contributed by atoms with E-state index in [-0.39, 0.29) is 0 Å². The highest BCUT2D eigenvalue weighted by molar-refractivity contribution is 5.20. The molecule has 3 rings (SSSR count). The third-order valence-corrected chi connectivity index (χ3v) is 3.00. The number of hydrogen-bond donors (Lipinski definition) is 1. The second-order valence-electron chi connectivity index (χ2n) is 4.77. The lowest BCUT2D eigenvalue weighted by atomic mass is 10.3. The van der Waals surface area contributed by atoms with Crippen molar-refractivity contribution in [2.75, 3.05) is 13.2 Å². The Bertz CT molecular complexity index is 523. The van der Waals surface area contributed by atoms with Gasteiger partial charge in [-0.1, -0.05) is 18.2 Å². The maximum atomic E-state index is 5.51. The SMILES string of the molecule is c1ccc(OCCOc2nc(CNC3CC3)co2)cc1. The molecule has 20 heavy (non-hydrogen) atoms. The number of oxazole rings is 1. The summed E-state index contributed by atoms with van der Waals surface area (Å²) in [5, 5.41) is 3.37. The van der Waals surface area contributed by atoms with E-state index in [9.17, 15) is 0 Å². The van der Waals surface area contributed by atoms with E-state index < -0.39 is 0 Å². The minimum Gasteiger partial charge on any atom is -0.490 e. The van der Waals surface area contributed by atoms with Crippen LogP contribution in [0, 0.1) is 0 Å². The second-order valence-corrected chi connectivity index (χ2v) is 4.77. The minimum atomic E-state index is 0.300. The minimum absolute atomic E-state index is 0.300. The number of nitrogens with one attached hydrogen (secondary N) is 1. The number of para-hydroxylation sites is 1. The molecule has 0 aliphatic heterocycles. The summed E-state index contributed by atoms with van der Waals surface area (Å²) in [6, 6.07) is 10.3. The summed E-state index contributed by atoms with van der Waals surface area (Å²) in [7, 11) is 0. The highest BCUT2D eigenvalue weighted by Gasteiger charge is 2.20. The average molecular weight is 274 g/mol. The Morgan fingerprint density at radius 1 is 1.15 bits per heavy atom. The van der Waals surface area contributed by atoms with E-state index in [0.717, 1.165) is 18.0 Å². The van der Waals surface area contributed by atoms with Gasteiger partial charge < -0.3 is 19.2 Å². The van der Waals surface area contributed by atoms with Gasteiger partial charge in [0, 0.05) is 12.6 Å². The monoisotopic (exact) mass is 274 g/mol. The first kappa shape index (κ1) is 13.0. The highest BCUT2D eigenvalue weighted by Crippen LogP contribution is 2.19. The second kappa shape index (κ2) is 6.43. The van der Waals surface area contributed by atoms with E-state index in [0.29, 0.717) is 25.3 Å². The fourth-order valence-electron chi connectivity index (χ4n) is 1.78. The van der Waals surface area contributed by atoms with Crippen molar-refractivity contribution in [2.24, 2.45) is 0 Å². The topological polar surface area (TPSA) is 56.5 Å². The van der Waals surface area contributed by atoms with Crippen LogP contribution in [0.15, 0.2) is 41.0 Å². The zero-order valence-corrected chi connectivity index (χ0v) is 11.2. The first-order valence-electron chi connectivity index (χ1n) is 6.88. The smallest absolute Gasteiger partial charge is 0.393 e. The number of aromatic nitrogens is 1. The van der Waals surface area contributed by atoms with Gasteiger partial charge in [-0.05, 0) is 25.0 Å². The summed E-state index contributed by atoms with van der Waals surface area (Å²) >= 11 is 0. The van der Waals surface area contributed by atoms with Gasteiger partial charge in [0.05, 0.1) is 5.69 Å². The van der Waals surface area contributed by atoms with Crippen LogP contribution < -0.4 is 14.8 Å². The Kier molecular flexibility index (Phi) is 4.18. The summed E-state index contributed by atoms with van der Waals surface area (Å²) in [5.41, 5.74) is 0.871. The summed E-state index contributed by atoms with van der Waals surface area (Å²) in [5.74, 6) is 0.831. The molecule has 5 heteroatoms. The summed E-state index contributed by atoms with van der Waals surface area (Å²) < 4.78 is 16.2. The van der Waals surface area contributed by atoms with Gasteiger partial charge in [-0.25, -0.2) is 0 Å². The van der Waals surface area contributed by atoms with Gasteiger partial charge in [-0.2, -0.15) is 4.98 Å². The van der Waals surface area contributed by atoms with Gasteiger partial charge in [-0.3, -0.25) is 0 Å². The number of ether oxygens (including phenoxy) is 2. The summed E-state index contributed by atoms with van der Waals surface area (Å²) in [6.45, 7) is 1.60.